The number of amides is 1. The Bertz CT molecular complexity index is 1060. The van der Waals surface area contributed by atoms with Gasteiger partial charge in [-0.25, -0.2) is 0 Å². The molecule has 1 aliphatic rings. The molecule has 378 valence electrons. The van der Waals surface area contributed by atoms with Gasteiger partial charge >= 0.3 is 0 Å². The Morgan fingerprint density at radius 2 is 0.922 bits per heavy atom. The van der Waals surface area contributed by atoms with E-state index < -0.39 is 49.5 Å². The number of hydrogen-bond donors (Lipinski definition) is 6. The molecule has 0 aromatic rings. The van der Waals surface area contributed by atoms with E-state index >= 15 is 0 Å². The van der Waals surface area contributed by atoms with Crippen LogP contribution in [0.15, 0.2) is 24.3 Å². The quantitative estimate of drug-likeness (QED) is 0.0261. The summed E-state index contributed by atoms with van der Waals surface area (Å²) in [7, 11) is 0. The summed E-state index contributed by atoms with van der Waals surface area (Å²) in [6, 6.07) is -0.725. The van der Waals surface area contributed by atoms with Gasteiger partial charge in [-0.15, -0.1) is 0 Å². The molecular formula is C55H105NO8. The topological polar surface area (TPSA) is 149 Å². The highest BCUT2D eigenvalue weighted by Gasteiger charge is 2.44. The molecule has 9 heteroatoms. The third-order valence-corrected chi connectivity index (χ3v) is 13.3. The van der Waals surface area contributed by atoms with Crippen LogP contribution in [-0.2, 0) is 14.3 Å². The lowest BCUT2D eigenvalue weighted by Gasteiger charge is -2.40. The second-order valence-corrected chi connectivity index (χ2v) is 19.4. The molecule has 0 aromatic carbocycles. The molecule has 0 saturated carbocycles. The van der Waals surface area contributed by atoms with Gasteiger partial charge in [0.2, 0.25) is 5.91 Å². The maximum atomic E-state index is 13.0. The van der Waals surface area contributed by atoms with Crippen LogP contribution in [0.4, 0.5) is 0 Å². The fraction of sp³-hybridized carbons (Fsp3) is 0.909. The number of allylic oxidation sites excluding steroid dienone is 4. The Labute approximate surface area is 394 Å². The number of carbonyl (C=O) groups is 1. The van der Waals surface area contributed by atoms with Crippen LogP contribution in [0.5, 0.6) is 0 Å². The molecular weight excluding hydrogens is 803 g/mol. The van der Waals surface area contributed by atoms with Gasteiger partial charge in [-0.05, 0) is 44.9 Å². The third kappa shape index (κ3) is 34.9. The van der Waals surface area contributed by atoms with Crippen molar-refractivity contribution in [1.29, 1.82) is 0 Å². The molecule has 7 atom stereocenters. The smallest absolute Gasteiger partial charge is 0.220 e. The molecule has 0 aliphatic carbocycles. The lowest BCUT2D eigenvalue weighted by molar-refractivity contribution is -0.302. The van der Waals surface area contributed by atoms with Gasteiger partial charge in [-0.3, -0.25) is 4.79 Å². The van der Waals surface area contributed by atoms with E-state index in [1.807, 2.05) is 0 Å². The van der Waals surface area contributed by atoms with Gasteiger partial charge in [-0.2, -0.15) is 0 Å². The van der Waals surface area contributed by atoms with E-state index in [2.05, 4.69) is 43.5 Å². The zero-order chi connectivity index (χ0) is 46.6. The molecule has 64 heavy (non-hydrogen) atoms. The van der Waals surface area contributed by atoms with Crippen molar-refractivity contribution in [3.8, 4) is 0 Å². The van der Waals surface area contributed by atoms with Crippen LogP contribution in [0.2, 0.25) is 0 Å². The van der Waals surface area contributed by atoms with Gasteiger partial charge in [0.05, 0.1) is 25.4 Å². The summed E-state index contributed by atoms with van der Waals surface area (Å²) in [5.41, 5.74) is 0. The maximum Gasteiger partial charge on any atom is 0.220 e. The molecule has 0 bridgehead atoms. The largest absolute Gasteiger partial charge is 0.394 e. The van der Waals surface area contributed by atoms with Gasteiger partial charge in [0, 0.05) is 6.42 Å². The van der Waals surface area contributed by atoms with Crippen LogP contribution in [0.1, 0.15) is 264 Å². The van der Waals surface area contributed by atoms with E-state index in [1.54, 1.807) is 0 Å². The fourth-order valence-corrected chi connectivity index (χ4v) is 8.90. The maximum absolute atomic E-state index is 13.0. The van der Waals surface area contributed by atoms with Crippen molar-refractivity contribution < 1.29 is 39.8 Å². The number of aliphatic hydroxyl groups excluding tert-OH is 5. The molecule has 0 aromatic heterocycles. The van der Waals surface area contributed by atoms with Crippen molar-refractivity contribution in [2.45, 2.75) is 307 Å². The zero-order valence-corrected chi connectivity index (χ0v) is 41.8. The van der Waals surface area contributed by atoms with Crippen LogP contribution < -0.4 is 5.32 Å². The van der Waals surface area contributed by atoms with Crippen molar-refractivity contribution in [3.63, 3.8) is 0 Å². The number of unbranched alkanes of at least 4 members (excludes halogenated alkanes) is 33. The number of aliphatic hydroxyl groups is 5. The minimum atomic E-state index is -1.55. The molecule has 9 nitrogen and oxygen atoms in total. The summed E-state index contributed by atoms with van der Waals surface area (Å²) in [5, 5.41) is 54.6. The Balaban J connectivity index is 2.20. The van der Waals surface area contributed by atoms with E-state index in [4.69, 9.17) is 9.47 Å². The van der Waals surface area contributed by atoms with Crippen LogP contribution in [0.3, 0.4) is 0 Å². The van der Waals surface area contributed by atoms with Crippen LogP contribution in [0, 0.1) is 0 Å². The Hall–Kier alpha value is -1.33. The molecule has 0 spiro atoms. The highest BCUT2D eigenvalue weighted by molar-refractivity contribution is 5.76. The third-order valence-electron chi connectivity index (χ3n) is 13.3. The summed E-state index contributed by atoms with van der Waals surface area (Å²) < 4.78 is 11.3. The summed E-state index contributed by atoms with van der Waals surface area (Å²) in [6.07, 6.45) is 49.2. The predicted octanol–water partition coefficient (Wildman–Crippen LogP) is 13.0. The average Bonchev–Trinajstić information content (AvgIpc) is 3.29. The van der Waals surface area contributed by atoms with E-state index in [-0.39, 0.29) is 12.5 Å². The molecule has 1 fully saturated rings. The zero-order valence-electron chi connectivity index (χ0n) is 41.8. The van der Waals surface area contributed by atoms with Gasteiger partial charge in [0.1, 0.15) is 24.4 Å². The van der Waals surface area contributed by atoms with E-state index in [0.29, 0.717) is 12.8 Å². The second kappa shape index (κ2) is 45.5. The molecule has 1 aliphatic heterocycles. The number of rotatable bonds is 47. The van der Waals surface area contributed by atoms with Crippen LogP contribution >= 0.6 is 0 Å². The monoisotopic (exact) mass is 908 g/mol. The standard InChI is InChI=1S/C55H105NO8/c1-3-5-7-9-11-13-15-17-19-20-21-22-23-24-25-26-27-28-29-31-32-34-36-38-40-42-44-49(58)48(47-63-55-54(62)53(61)52(60)50(46-57)64-55)56-51(59)45-43-41-39-37-35-33-30-18-16-14-12-10-8-6-4-2/h12,14,18,30,48-50,52-55,57-58,60-62H,3-11,13,15-17,19-29,31-47H2,1-2H3,(H,56,59)/b14-12-,30-18-. The summed E-state index contributed by atoms with van der Waals surface area (Å²) in [4.78, 5) is 13.0. The van der Waals surface area contributed by atoms with E-state index in [1.165, 1.54) is 173 Å². The second-order valence-electron chi connectivity index (χ2n) is 19.4. The SMILES string of the molecule is CCCCC/C=C\C/C=C\CCCCCCCC(=O)NC(COC1OC(CO)C(O)C(O)C1O)C(O)CCCCCCCCCCCCCCCCCCCCCCCCCCCC. The van der Waals surface area contributed by atoms with Gasteiger partial charge < -0.3 is 40.3 Å². The Morgan fingerprint density at radius 3 is 1.38 bits per heavy atom. The number of hydrogen-bond acceptors (Lipinski definition) is 8. The molecule has 7 unspecified atom stereocenters. The molecule has 0 radical (unpaired) electrons. The van der Waals surface area contributed by atoms with Gasteiger partial charge in [0.15, 0.2) is 6.29 Å². The Morgan fingerprint density at radius 1 is 0.531 bits per heavy atom. The van der Waals surface area contributed by atoms with Crippen LogP contribution in [-0.4, -0.2) is 87.5 Å². The average molecular weight is 908 g/mol. The first-order valence-corrected chi connectivity index (χ1v) is 27.5. The van der Waals surface area contributed by atoms with E-state index in [0.717, 1.165) is 64.2 Å². The number of carbonyl (C=O) groups excluding carboxylic acids is 1. The first-order chi connectivity index (χ1) is 31.3. The van der Waals surface area contributed by atoms with Crippen molar-refractivity contribution in [2.75, 3.05) is 13.2 Å². The molecule has 1 heterocycles. The first-order valence-electron chi connectivity index (χ1n) is 27.5. The minimum Gasteiger partial charge on any atom is -0.394 e. The summed E-state index contributed by atoms with van der Waals surface area (Å²) >= 11 is 0. The van der Waals surface area contributed by atoms with Crippen molar-refractivity contribution in [2.24, 2.45) is 0 Å². The molecule has 1 rings (SSSR count). The highest BCUT2D eigenvalue weighted by Crippen LogP contribution is 2.23. The normalized spacial score (nSPS) is 20.1. The first kappa shape index (κ1) is 60.7. The molecule has 1 amide bonds. The minimum absolute atomic E-state index is 0.142. The summed E-state index contributed by atoms with van der Waals surface area (Å²) in [5.74, 6) is -0.155. The van der Waals surface area contributed by atoms with Crippen molar-refractivity contribution >= 4 is 5.91 Å². The van der Waals surface area contributed by atoms with Crippen molar-refractivity contribution in [3.05, 3.63) is 24.3 Å². The summed E-state index contributed by atoms with van der Waals surface area (Å²) in [6.45, 7) is 3.82. The molecule has 6 N–H and O–H groups in total. The number of nitrogens with one attached hydrogen (secondary N) is 1. The Kier molecular flexibility index (Phi) is 43.1. The number of ether oxygens (including phenoxy) is 2. The lowest BCUT2D eigenvalue weighted by Crippen LogP contribution is -2.60. The molecule has 1 saturated heterocycles. The fourth-order valence-electron chi connectivity index (χ4n) is 8.90. The van der Waals surface area contributed by atoms with Gasteiger partial charge in [0.25, 0.3) is 0 Å². The predicted molar refractivity (Wildman–Crippen MR) is 267 cm³/mol. The van der Waals surface area contributed by atoms with Gasteiger partial charge in [-0.1, -0.05) is 237 Å². The van der Waals surface area contributed by atoms with E-state index in [9.17, 15) is 30.3 Å². The highest BCUT2D eigenvalue weighted by atomic mass is 16.7. The lowest BCUT2D eigenvalue weighted by atomic mass is 9.99. The van der Waals surface area contributed by atoms with Crippen molar-refractivity contribution in [1.82, 2.24) is 5.32 Å². The van der Waals surface area contributed by atoms with Crippen LogP contribution in [0.25, 0.3) is 0 Å².